The van der Waals surface area contributed by atoms with Gasteiger partial charge in [-0.15, -0.1) is 0 Å². The van der Waals surface area contributed by atoms with Crippen molar-refractivity contribution in [2.24, 2.45) is 12.0 Å². The van der Waals surface area contributed by atoms with Gasteiger partial charge < -0.3 is 10.6 Å². The first-order chi connectivity index (χ1) is 12.2. The molecule has 3 aromatic rings. The summed E-state index contributed by atoms with van der Waals surface area (Å²) in [6.07, 6.45) is 1.54. The lowest BCUT2D eigenvalue weighted by Crippen LogP contribution is -2.38. The van der Waals surface area contributed by atoms with Gasteiger partial charge in [-0.3, -0.25) is 4.68 Å². The largest absolute Gasteiger partial charge is 0.357 e. The Bertz CT molecular complexity index is 867. The third-order valence-electron chi connectivity index (χ3n) is 4.15. The molecule has 1 heterocycles. The number of aryl methyl sites for hydroxylation is 1. The highest BCUT2D eigenvalue weighted by molar-refractivity contribution is 5.84. The molecule has 1 unspecified atom stereocenters. The molecule has 0 spiro atoms. The maximum absolute atomic E-state index is 4.62. The minimum absolute atomic E-state index is 0.141. The van der Waals surface area contributed by atoms with Crippen LogP contribution >= 0.6 is 0 Å². The molecule has 0 radical (unpaired) electrons. The number of nitrogens with one attached hydrogen (secondary N) is 2. The Morgan fingerprint density at radius 1 is 1.20 bits per heavy atom. The molecule has 0 aliphatic carbocycles. The molecule has 3 rings (SSSR count). The second-order valence-corrected chi connectivity index (χ2v) is 5.97. The standard InChI is InChI=1S/C19H24N6/c1-4-20-19(21-12-18-22-13-23-25(18)3)24-14(2)16-10-9-15-7-5-6-8-17(15)11-16/h5-11,13-14H,4,12H2,1-3H3,(H2,20,21,24). The molecule has 0 bridgehead atoms. The predicted molar refractivity (Wildman–Crippen MR) is 101 cm³/mol. The molecule has 0 aliphatic rings. The fourth-order valence-corrected chi connectivity index (χ4v) is 2.70. The van der Waals surface area contributed by atoms with Crippen LogP contribution < -0.4 is 10.6 Å². The van der Waals surface area contributed by atoms with E-state index in [1.165, 1.54) is 16.3 Å². The number of aromatic nitrogens is 3. The van der Waals surface area contributed by atoms with E-state index in [-0.39, 0.29) is 6.04 Å². The van der Waals surface area contributed by atoms with Gasteiger partial charge in [0, 0.05) is 13.6 Å². The predicted octanol–water partition coefficient (Wildman–Crippen LogP) is 2.78. The van der Waals surface area contributed by atoms with Crippen LogP contribution in [0.15, 0.2) is 53.8 Å². The Labute approximate surface area is 148 Å². The average Bonchev–Trinajstić information content (AvgIpc) is 3.04. The number of fused-ring (bicyclic) bond motifs is 1. The summed E-state index contributed by atoms with van der Waals surface area (Å²) in [5.74, 6) is 1.60. The average molecular weight is 336 g/mol. The van der Waals surface area contributed by atoms with Gasteiger partial charge in [-0.2, -0.15) is 5.10 Å². The molecule has 6 nitrogen and oxygen atoms in total. The number of hydrogen-bond acceptors (Lipinski definition) is 3. The van der Waals surface area contributed by atoms with Crippen LogP contribution in [0.2, 0.25) is 0 Å². The minimum Gasteiger partial charge on any atom is -0.357 e. The van der Waals surface area contributed by atoms with Gasteiger partial charge in [0.2, 0.25) is 0 Å². The highest BCUT2D eigenvalue weighted by Crippen LogP contribution is 2.20. The lowest BCUT2D eigenvalue weighted by Gasteiger charge is -2.18. The van der Waals surface area contributed by atoms with E-state index in [2.05, 4.69) is 82.0 Å². The zero-order chi connectivity index (χ0) is 17.6. The summed E-state index contributed by atoms with van der Waals surface area (Å²) >= 11 is 0. The first-order valence-corrected chi connectivity index (χ1v) is 8.53. The van der Waals surface area contributed by atoms with Gasteiger partial charge in [0.25, 0.3) is 0 Å². The number of aliphatic imine (C=N–C) groups is 1. The summed E-state index contributed by atoms with van der Waals surface area (Å²) in [7, 11) is 1.87. The van der Waals surface area contributed by atoms with Crippen molar-refractivity contribution < 1.29 is 0 Å². The monoisotopic (exact) mass is 336 g/mol. The number of hydrogen-bond donors (Lipinski definition) is 2. The Balaban J connectivity index is 1.74. The van der Waals surface area contributed by atoms with Crippen LogP contribution in [-0.4, -0.2) is 27.3 Å². The van der Waals surface area contributed by atoms with Crippen molar-refractivity contribution in [2.75, 3.05) is 6.54 Å². The van der Waals surface area contributed by atoms with Crippen LogP contribution in [0, 0.1) is 0 Å². The molecule has 2 aromatic carbocycles. The van der Waals surface area contributed by atoms with E-state index < -0.39 is 0 Å². The highest BCUT2D eigenvalue weighted by atomic mass is 15.3. The third-order valence-corrected chi connectivity index (χ3v) is 4.15. The Hall–Kier alpha value is -2.89. The molecule has 1 aromatic heterocycles. The van der Waals surface area contributed by atoms with Crippen molar-refractivity contribution in [2.45, 2.75) is 26.4 Å². The molecule has 0 aliphatic heterocycles. The third kappa shape index (κ3) is 4.15. The van der Waals surface area contributed by atoms with Gasteiger partial charge in [0.1, 0.15) is 18.7 Å². The quantitative estimate of drug-likeness (QED) is 0.555. The number of guanidine groups is 1. The molecule has 25 heavy (non-hydrogen) atoms. The smallest absolute Gasteiger partial charge is 0.192 e. The van der Waals surface area contributed by atoms with Crippen molar-refractivity contribution >= 4 is 16.7 Å². The number of rotatable bonds is 5. The van der Waals surface area contributed by atoms with Crippen molar-refractivity contribution in [3.63, 3.8) is 0 Å². The molecule has 2 N–H and O–H groups in total. The molecule has 130 valence electrons. The molecular weight excluding hydrogens is 312 g/mol. The van der Waals surface area contributed by atoms with Crippen LogP contribution in [-0.2, 0) is 13.6 Å². The normalized spacial score (nSPS) is 13.0. The van der Waals surface area contributed by atoms with E-state index in [0.717, 1.165) is 18.3 Å². The van der Waals surface area contributed by atoms with Crippen molar-refractivity contribution in [3.8, 4) is 0 Å². The van der Waals surface area contributed by atoms with E-state index in [9.17, 15) is 0 Å². The van der Waals surface area contributed by atoms with Gasteiger partial charge in [-0.1, -0.05) is 36.4 Å². The zero-order valence-electron chi connectivity index (χ0n) is 14.9. The lowest BCUT2D eigenvalue weighted by atomic mass is 10.0. The second kappa shape index (κ2) is 7.79. The Kier molecular flexibility index (Phi) is 5.28. The fraction of sp³-hybridized carbons (Fsp3) is 0.316. The summed E-state index contributed by atoms with van der Waals surface area (Å²) in [6, 6.07) is 15.1. The molecular formula is C19H24N6. The summed E-state index contributed by atoms with van der Waals surface area (Å²) in [4.78, 5) is 8.82. The Morgan fingerprint density at radius 3 is 2.72 bits per heavy atom. The van der Waals surface area contributed by atoms with E-state index in [0.29, 0.717) is 6.54 Å². The van der Waals surface area contributed by atoms with Crippen LogP contribution in [0.3, 0.4) is 0 Å². The molecule has 1 atom stereocenters. The van der Waals surface area contributed by atoms with Crippen LogP contribution in [0.5, 0.6) is 0 Å². The highest BCUT2D eigenvalue weighted by Gasteiger charge is 2.09. The molecule has 0 amide bonds. The van der Waals surface area contributed by atoms with Crippen LogP contribution in [0.25, 0.3) is 10.8 Å². The topological polar surface area (TPSA) is 67.1 Å². The van der Waals surface area contributed by atoms with E-state index >= 15 is 0 Å². The van der Waals surface area contributed by atoms with E-state index in [4.69, 9.17) is 0 Å². The first kappa shape index (κ1) is 17.0. The number of benzene rings is 2. The summed E-state index contributed by atoms with van der Waals surface area (Å²) < 4.78 is 1.74. The zero-order valence-corrected chi connectivity index (χ0v) is 14.9. The van der Waals surface area contributed by atoms with Crippen molar-refractivity contribution in [1.29, 1.82) is 0 Å². The van der Waals surface area contributed by atoms with Gasteiger partial charge in [-0.25, -0.2) is 9.98 Å². The van der Waals surface area contributed by atoms with Gasteiger partial charge >= 0.3 is 0 Å². The number of nitrogens with zero attached hydrogens (tertiary/aromatic N) is 4. The molecule has 0 saturated carbocycles. The van der Waals surface area contributed by atoms with Gasteiger partial charge in [0.15, 0.2) is 5.96 Å². The fourth-order valence-electron chi connectivity index (χ4n) is 2.70. The van der Waals surface area contributed by atoms with Crippen molar-refractivity contribution in [1.82, 2.24) is 25.4 Å². The Morgan fingerprint density at radius 2 is 2.00 bits per heavy atom. The minimum atomic E-state index is 0.141. The van der Waals surface area contributed by atoms with Crippen molar-refractivity contribution in [3.05, 3.63) is 60.2 Å². The lowest BCUT2D eigenvalue weighted by molar-refractivity contribution is 0.673. The van der Waals surface area contributed by atoms with E-state index in [1.54, 1.807) is 11.0 Å². The molecule has 0 fully saturated rings. The van der Waals surface area contributed by atoms with Crippen LogP contribution in [0.4, 0.5) is 0 Å². The maximum Gasteiger partial charge on any atom is 0.192 e. The van der Waals surface area contributed by atoms with E-state index in [1.807, 2.05) is 7.05 Å². The summed E-state index contributed by atoms with van der Waals surface area (Å²) in [5, 5.41) is 13.3. The summed E-state index contributed by atoms with van der Waals surface area (Å²) in [6.45, 7) is 5.48. The molecule has 6 heteroatoms. The SMILES string of the molecule is CCNC(=NCc1ncnn1C)NC(C)c1ccc2ccccc2c1. The van der Waals surface area contributed by atoms with Gasteiger partial charge in [0.05, 0.1) is 6.04 Å². The van der Waals surface area contributed by atoms with Gasteiger partial charge in [-0.05, 0) is 36.2 Å². The second-order valence-electron chi connectivity index (χ2n) is 5.97. The van der Waals surface area contributed by atoms with Crippen LogP contribution in [0.1, 0.15) is 31.3 Å². The molecule has 0 saturated heterocycles. The maximum atomic E-state index is 4.62. The first-order valence-electron chi connectivity index (χ1n) is 8.53. The summed E-state index contributed by atoms with van der Waals surface area (Å²) in [5.41, 5.74) is 1.22.